The third-order valence-electron chi connectivity index (χ3n) is 2.80. The first-order valence-electron chi connectivity index (χ1n) is 6.25. The first-order valence-corrected chi connectivity index (χ1v) is 6.25. The van der Waals surface area contributed by atoms with Gasteiger partial charge in [0.2, 0.25) is 0 Å². The molecule has 1 N–H and O–H groups in total. The van der Waals surface area contributed by atoms with Crippen molar-refractivity contribution >= 4 is 0 Å². The molecule has 0 aromatic heterocycles. The van der Waals surface area contributed by atoms with E-state index in [4.69, 9.17) is 9.47 Å². The molecule has 1 saturated heterocycles. The number of nitrogens with one attached hydrogen (secondary N) is 1. The van der Waals surface area contributed by atoms with Crippen molar-refractivity contribution in [1.29, 1.82) is 0 Å². The zero-order valence-electron chi connectivity index (χ0n) is 10.1. The molecule has 1 rings (SSSR count). The van der Waals surface area contributed by atoms with Crippen molar-refractivity contribution in [3.63, 3.8) is 0 Å². The molecule has 3 heteroatoms. The lowest BCUT2D eigenvalue weighted by Crippen LogP contribution is -2.31. The van der Waals surface area contributed by atoms with E-state index in [-0.39, 0.29) is 0 Å². The largest absolute Gasteiger partial charge is 0.382 e. The summed E-state index contributed by atoms with van der Waals surface area (Å²) in [5, 5.41) is 3.51. The van der Waals surface area contributed by atoms with Gasteiger partial charge in [-0.05, 0) is 46.1 Å². The Morgan fingerprint density at radius 1 is 1.53 bits per heavy atom. The second-order valence-electron chi connectivity index (χ2n) is 4.28. The molecule has 3 nitrogen and oxygen atoms in total. The van der Waals surface area contributed by atoms with Gasteiger partial charge in [0.05, 0.1) is 6.10 Å². The Morgan fingerprint density at radius 2 is 2.40 bits per heavy atom. The normalized spacial score (nSPS) is 23.2. The number of hydrogen-bond donors (Lipinski definition) is 1. The van der Waals surface area contributed by atoms with Crippen LogP contribution in [0.25, 0.3) is 0 Å². The maximum atomic E-state index is 5.60. The summed E-state index contributed by atoms with van der Waals surface area (Å²) < 4.78 is 10.9. The van der Waals surface area contributed by atoms with E-state index in [0.29, 0.717) is 12.1 Å². The van der Waals surface area contributed by atoms with E-state index in [9.17, 15) is 0 Å². The van der Waals surface area contributed by atoms with Crippen molar-refractivity contribution in [2.45, 2.75) is 51.7 Å². The van der Waals surface area contributed by atoms with Crippen LogP contribution in [-0.4, -0.2) is 38.5 Å². The topological polar surface area (TPSA) is 30.5 Å². The van der Waals surface area contributed by atoms with E-state index in [0.717, 1.165) is 39.2 Å². The molecule has 1 heterocycles. The Balaban J connectivity index is 1.91. The summed E-state index contributed by atoms with van der Waals surface area (Å²) in [6, 6.07) is 0.565. The predicted molar refractivity (Wildman–Crippen MR) is 62.2 cm³/mol. The lowest BCUT2D eigenvalue weighted by molar-refractivity contribution is 0.0955. The van der Waals surface area contributed by atoms with Gasteiger partial charge >= 0.3 is 0 Å². The van der Waals surface area contributed by atoms with Crippen molar-refractivity contribution < 1.29 is 9.47 Å². The summed E-state index contributed by atoms with van der Waals surface area (Å²) in [5.41, 5.74) is 0. The summed E-state index contributed by atoms with van der Waals surface area (Å²) in [6.07, 6.45) is 5.23. The average Bonchev–Trinajstić information content (AvgIpc) is 2.70. The molecule has 15 heavy (non-hydrogen) atoms. The van der Waals surface area contributed by atoms with Crippen molar-refractivity contribution in [1.82, 2.24) is 5.32 Å². The molecule has 0 aliphatic carbocycles. The highest BCUT2D eigenvalue weighted by molar-refractivity contribution is 4.71. The van der Waals surface area contributed by atoms with Crippen LogP contribution in [-0.2, 0) is 9.47 Å². The van der Waals surface area contributed by atoms with E-state index < -0.39 is 0 Å². The van der Waals surface area contributed by atoms with Crippen LogP contribution in [0.3, 0.4) is 0 Å². The van der Waals surface area contributed by atoms with E-state index in [1.54, 1.807) is 0 Å². The van der Waals surface area contributed by atoms with Gasteiger partial charge in [0.1, 0.15) is 0 Å². The van der Waals surface area contributed by atoms with Crippen LogP contribution in [0.1, 0.15) is 39.5 Å². The van der Waals surface area contributed by atoms with Crippen molar-refractivity contribution in [3.8, 4) is 0 Å². The Labute approximate surface area is 93.5 Å². The zero-order chi connectivity index (χ0) is 10.9. The summed E-state index contributed by atoms with van der Waals surface area (Å²) >= 11 is 0. The second kappa shape index (κ2) is 8.08. The number of ether oxygens (including phenoxy) is 2. The minimum atomic E-state index is 0.499. The van der Waals surface area contributed by atoms with Gasteiger partial charge in [-0.15, -0.1) is 0 Å². The molecule has 1 fully saturated rings. The molecule has 0 amide bonds. The average molecular weight is 215 g/mol. The predicted octanol–water partition coefficient (Wildman–Crippen LogP) is 1.96. The van der Waals surface area contributed by atoms with E-state index >= 15 is 0 Å². The van der Waals surface area contributed by atoms with Crippen LogP contribution in [0.4, 0.5) is 0 Å². The fourth-order valence-electron chi connectivity index (χ4n) is 1.97. The quantitative estimate of drug-likeness (QED) is 0.628. The summed E-state index contributed by atoms with van der Waals surface area (Å²) in [5.74, 6) is 0. The molecule has 0 aromatic carbocycles. The number of hydrogen-bond acceptors (Lipinski definition) is 3. The van der Waals surface area contributed by atoms with Crippen molar-refractivity contribution in [2.75, 3.05) is 26.4 Å². The lowest BCUT2D eigenvalue weighted by atomic mass is 10.1. The van der Waals surface area contributed by atoms with Crippen LogP contribution < -0.4 is 5.32 Å². The van der Waals surface area contributed by atoms with E-state index in [2.05, 4.69) is 12.2 Å². The van der Waals surface area contributed by atoms with Crippen LogP contribution in [0.15, 0.2) is 0 Å². The molecular formula is C12H25NO2. The molecule has 2 atom stereocenters. The molecule has 0 aromatic rings. The molecule has 1 aliphatic heterocycles. The third-order valence-corrected chi connectivity index (χ3v) is 2.80. The van der Waals surface area contributed by atoms with Gasteiger partial charge in [-0.1, -0.05) is 0 Å². The van der Waals surface area contributed by atoms with Gasteiger partial charge in [0.15, 0.2) is 0 Å². The molecule has 0 radical (unpaired) electrons. The summed E-state index contributed by atoms with van der Waals surface area (Å²) in [6.45, 7) is 7.98. The van der Waals surface area contributed by atoms with Gasteiger partial charge in [0.25, 0.3) is 0 Å². The molecule has 0 saturated carbocycles. The van der Waals surface area contributed by atoms with E-state index in [1.807, 2.05) is 6.92 Å². The lowest BCUT2D eigenvalue weighted by Gasteiger charge is -2.17. The summed E-state index contributed by atoms with van der Waals surface area (Å²) in [7, 11) is 0. The van der Waals surface area contributed by atoms with Crippen LogP contribution in [0.5, 0.6) is 0 Å². The standard InChI is InChI=1S/C12H25NO2/c1-3-14-8-5-7-13-11(2)10-12-6-4-9-15-12/h11-13H,3-10H2,1-2H3. The Morgan fingerprint density at radius 3 is 3.07 bits per heavy atom. The molecule has 0 bridgehead atoms. The first-order chi connectivity index (χ1) is 7.33. The highest BCUT2D eigenvalue weighted by Crippen LogP contribution is 2.16. The summed E-state index contributed by atoms with van der Waals surface area (Å²) in [4.78, 5) is 0. The fourth-order valence-corrected chi connectivity index (χ4v) is 1.97. The Hall–Kier alpha value is -0.120. The second-order valence-corrected chi connectivity index (χ2v) is 4.28. The first kappa shape index (κ1) is 12.9. The van der Waals surface area contributed by atoms with Crippen LogP contribution >= 0.6 is 0 Å². The van der Waals surface area contributed by atoms with Crippen molar-refractivity contribution in [2.24, 2.45) is 0 Å². The van der Waals surface area contributed by atoms with Gasteiger partial charge in [-0.2, -0.15) is 0 Å². The zero-order valence-corrected chi connectivity index (χ0v) is 10.1. The van der Waals surface area contributed by atoms with Gasteiger partial charge in [0, 0.05) is 25.9 Å². The van der Waals surface area contributed by atoms with Crippen LogP contribution in [0.2, 0.25) is 0 Å². The monoisotopic (exact) mass is 215 g/mol. The molecule has 0 spiro atoms. The molecule has 2 unspecified atom stereocenters. The highest BCUT2D eigenvalue weighted by atomic mass is 16.5. The Kier molecular flexibility index (Phi) is 6.98. The number of rotatable bonds is 8. The minimum Gasteiger partial charge on any atom is -0.382 e. The highest BCUT2D eigenvalue weighted by Gasteiger charge is 2.17. The fraction of sp³-hybridized carbons (Fsp3) is 1.00. The van der Waals surface area contributed by atoms with Crippen molar-refractivity contribution in [3.05, 3.63) is 0 Å². The molecule has 1 aliphatic rings. The maximum Gasteiger partial charge on any atom is 0.0590 e. The van der Waals surface area contributed by atoms with Gasteiger partial charge < -0.3 is 14.8 Å². The van der Waals surface area contributed by atoms with Gasteiger partial charge in [-0.25, -0.2) is 0 Å². The smallest absolute Gasteiger partial charge is 0.0590 e. The third kappa shape index (κ3) is 6.13. The SMILES string of the molecule is CCOCCCNC(C)CC1CCCO1. The van der Waals surface area contributed by atoms with Gasteiger partial charge in [-0.3, -0.25) is 0 Å². The maximum absolute atomic E-state index is 5.60. The molecule has 90 valence electrons. The van der Waals surface area contributed by atoms with Crippen LogP contribution in [0, 0.1) is 0 Å². The van der Waals surface area contributed by atoms with E-state index in [1.165, 1.54) is 12.8 Å². The minimum absolute atomic E-state index is 0.499. The Bertz CT molecular complexity index is 147. The molecular weight excluding hydrogens is 190 g/mol.